The molecule has 0 aromatic rings. The molecule has 50 valence electrons. The first-order valence-electron chi connectivity index (χ1n) is 2.95. The van der Waals surface area contributed by atoms with Crippen molar-refractivity contribution in [3.8, 4) is 0 Å². The van der Waals surface area contributed by atoms with Gasteiger partial charge in [0.25, 0.3) is 5.97 Å². The van der Waals surface area contributed by atoms with E-state index in [1.54, 1.807) is 0 Å². The topological polar surface area (TPSA) is 37.3 Å². The molecule has 0 heterocycles. The minimum atomic E-state index is -0.833. The molecule has 0 aliphatic heterocycles. The molecule has 2 nitrogen and oxygen atoms in total. The molecule has 0 fully saturated rings. The van der Waals surface area contributed by atoms with Crippen molar-refractivity contribution in [3.63, 3.8) is 0 Å². The Morgan fingerprint density at radius 1 is 1.78 bits per heavy atom. The van der Waals surface area contributed by atoms with Crippen LogP contribution in [0.2, 0.25) is 0 Å². The van der Waals surface area contributed by atoms with Gasteiger partial charge >= 0.3 is 57.1 Å². The maximum atomic E-state index is 9.00. The van der Waals surface area contributed by atoms with E-state index in [0.29, 0.717) is 0 Å². The Morgan fingerprint density at radius 3 is 2.11 bits per heavy atom. The fourth-order valence-corrected chi connectivity index (χ4v) is 0.842. The van der Waals surface area contributed by atoms with Crippen molar-refractivity contribution in [2.45, 2.75) is 26.7 Å². The SMILES string of the molecule is CC(=O)O.CCC[CH]=[Ca]. The number of carboxylic acids is 1. The van der Waals surface area contributed by atoms with Gasteiger partial charge in [-0.1, -0.05) is 0 Å². The van der Waals surface area contributed by atoms with Crippen LogP contribution in [0.1, 0.15) is 26.7 Å². The van der Waals surface area contributed by atoms with Crippen molar-refractivity contribution in [1.82, 2.24) is 0 Å². The van der Waals surface area contributed by atoms with Crippen LogP contribution in [0.15, 0.2) is 0 Å². The van der Waals surface area contributed by atoms with Gasteiger partial charge in [-0.15, -0.1) is 0 Å². The van der Waals surface area contributed by atoms with Crippen LogP contribution in [0.3, 0.4) is 0 Å². The monoisotopic (exact) mass is 156 g/mol. The van der Waals surface area contributed by atoms with E-state index in [4.69, 9.17) is 9.90 Å². The molecule has 0 aliphatic rings. The molecule has 0 amide bonds. The summed E-state index contributed by atoms with van der Waals surface area (Å²) in [5, 5.41) is 7.42. The fourth-order valence-electron chi connectivity index (χ4n) is 0.204. The molecule has 0 radical (unpaired) electrons. The van der Waals surface area contributed by atoms with Gasteiger partial charge in [0.05, 0.1) is 0 Å². The van der Waals surface area contributed by atoms with Gasteiger partial charge in [-0.25, -0.2) is 0 Å². The number of carbonyl (C=O) groups is 1. The van der Waals surface area contributed by atoms with E-state index >= 15 is 0 Å². The molecule has 9 heavy (non-hydrogen) atoms. The predicted octanol–water partition coefficient (Wildman–Crippen LogP) is 0.848. The van der Waals surface area contributed by atoms with Gasteiger partial charge in [-0.05, 0) is 0 Å². The van der Waals surface area contributed by atoms with Gasteiger partial charge in [-0.2, -0.15) is 0 Å². The van der Waals surface area contributed by atoms with Gasteiger partial charge in [0, 0.05) is 6.92 Å². The zero-order valence-electron chi connectivity index (χ0n) is 6.05. The summed E-state index contributed by atoms with van der Waals surface area (Å²) in [6.07, 6.45) is 2.64. The Labute approximate surface area is 79.3 Å². The number of hydrogen-bond donors (Lipinski definition) is 1. The van der Waals surface area contributed by atoms with Gasteiger partial charge in [0.2, 0.25) is 0 Å². The second-order valence-corrected chi connectivity index (χ2v) is 2.50. The van der Waals surface area contributed by atoms with E-state index in [9.17, 15) is 0 Å². The molecular formula is C6H12CaO2. The van der Waals surface area contributed by atoms with Gasteiger partial charge < -0.3 is 5.11 Å². The van der Waals surface area contributed by atoms with Crippen LogP contribution in [0, 0.1) is 0 Å². The molecule has 0 atom stereocenters. The number of unbranched alkanes of at least 4 members (excludes halogenated alkanes) is 1. The summed E-state index contributed by atoms with van der Waals surface area (Å²) in [4.78, 5) is 9.00. The van der Waals surface area contributed by atoms with Crippen LogP contribution in [0.25, 0.3) is 0 Å². The summed E-state index contributed by atoms with van der Waals surface area (Å²) in [5.74, 6) is -0.833. The molecule has 0 saturated carbocycles. The van der Waals surface area contributed by atoms with Crippen LogP contribution in [0.4, 0.5) is 0 Å². The molecule has 3 heteroatoms. The van der Waals surface area contributed by atoms with Gasteiger partial charge in [0.1, 0.15) is 0 Å². The average Bonchev–Trinajstić information content (AvgIpc) is 1.66. The Bertz CT molecular complexity index is 77.1. The number of carboxylic acid groups (broad SMARTS) is 1. The first-order chi connectivity index (χ1) is 4.15. The third kappa shape index (κ3) is 55.4. The Morgan fingerprint density at radius 2 is 2.11 bits per heavy atom. The predicted molar refractivity (Wildman–Crippen MR) is 40.0 cm³/mol. The summed E-state index contributed by atoms with van der Waals surface area (Å²) in [7, 11) is 0. The average molecular weight is 156 g/mol. The Balaban J connectivity index is 0. The Hall–Kier alpha value is 0.600. The van der Waals surface area contributed by atoms with Crippen LogP contribution >= 0.6 is 0 Å². The van der Waals surface area contributed by atoms with Gasteiger partial charge in [-0.3, -0.25) is 4.79 Å². The van der Waals surface area contributed by atoms with E-state index in [2.05, 4.69) is 9.01 Å². The number of aliphatic carboxylic acids is 1. The molecule has 1 N–H and O–H groups in total. The summed E-state index contributed by atoms with van der Waals surface area (Å²) in [6.45, 7) is 3.28. The van der Waals surface area contributed by atoms with Crippen LogP contribution in [-0.4, -0.2) is 48.4 Å². The zero-order chi connectivity index (χ0) is 7.70. The summed E-state index contributed by atoms with van der Waals surface area (Å²) >= 11 is 1.36. The minimum absolute atomic E-state index is 0.833. The second-order valence-electron chi connectivity index (χ2n) is 1.60. The normalized spacial score (nSPS) is 7.11. The molecule has 0 aromatic carbocycles. The van der Waals surface area contributed by atoms with Crippen molar-refractivity contribution in [3.05, 3.63) is 0 Å². The molecule has 0 spiro atoms. The van der Waals surface area contributed by atoms with E-state index in [1.165, 1.54) is 48.1 Å². The number of rotatable bonds is 2. The third-order valence-corrected chi connectivity index (χ3v) is 1.13. The molecule has 0 aliphatic carbocycles. The van der Waals surface area contributed by atoms with Crippen molar-refractivity contribution in [1.29, 1.82) is 0 Å². The first-order valence-corrected chi connectivity index (χ1v) is 4.23. The second kappa shape index (κ2) is 11.4. The first kappa shape index (κ1) is 12.3. The van der Waals surface area contributed by atoms with Crippen LogP contribution in [-0.2, 0) is 4.79 Å². The zero-order valence-corrected chi connectivity index (χ0v) is 8.26. The molecule has 0 saturated heterocycles. The van der Waals surface area contributed by atoms with E-state index in [0.717, 1.165) is 6.92 Å². The standard InChI is InChI=1S/C4H8.C2H4O2.Ca/c1-3-4-2;1-2(3)4;/h1H,3-4H2,2H3;1H3,(H,3,4);. The molecule has 0 aromatic heterocycles. The maximum absolute atomic E-state index is 9.00. The summed E-state index contributed by atoms with van der Waals surface area (Å²) in [6, 6.07) is 0. The Kier molecular flexibility index (Phi) is 15.6. The van der Waals surface area contributed by atoms with Crippen molar-refractivity contribution in [2.24, 2.45) is 0 Å². The molecule has 0 rings (SSSR count). The van der Waals surface area contributed by atoms with Crippen LogP contribution < -0.4 is 0 Å². The summed E-state index contributed by atoms with van der Waals surface area (Å²) < 4.78 is 2.31. The van der Waals surface area contributed by atoms with E-state index in [1.807, 2.05) is 0 Å². The van der Waals surface area contributed by atoms with Gasteiger partial charge in [0.15, 0.2) is 0 Å². The quantitative estimate of drug-likeness (QED) is 0.602. The summed E-state index contributed by atoms with van der Waals surface area (Å²) in [5.41, 5.74) is 0. The third-order valence-electron chi connectivity index (χ3n) is 0.493. The van der Waals surface area contributed by atoms with Crippen molar-refractivity contribution >= 4 is 43.3 Å². The van der Waals surface area contributed by atoms with Crippen molar-refractivity contribution in [2.75, 3.05) is 0 Å². The van der Waals surface area contributed by atoms with Crippen molar-refractivity contribution < 1.29 is 9.90 Å². The van der Waals surface area contributed by atoms with E-state index in [-0.39, 0.29) is 0 Å². The molecule has 0 unspecified atom stereocenters. The van der Waals surface area contributed by atoms with E-state index < -0.39 is 5.97 Å². The van der Waals surface area contributed by atoms with Crippen LogP contribution in [0.5, 0.6) is 0 Å². The fraction of sp³-hybridized carbons (Fsp3) is 0.667. The molecular weight excluding hydrogens is 144 g/mol. The molecule has 0 bridgehead atoms. The number of hydrogen-bond acceptors (Lipinski definition) is 1.